The lowest BCUT2D eigenvalue weighted by Gasteiger charge is -2.03. The molecule has 0 aromatic carbocycles. The lowest BCUT2D eigenvalue weighted by molar-refractivity contribution is -0.0936. The topological polar surface area (TPSA) is 66.8 Å². The molecular weight excluding hydrogens is 112 g/mol. The highest BCUT2D eigenvalue weighted by atomic mass is 16.7. The summed E-state index contributed by atoms with van der Waals surface area (Å²) < 4.78 is 4.02. The van der Waals surface area contributed by atoms with Crippen molar-refractivity contribution in [3.63, 3.8) is 0 Å². The van der Waals surface area contributed by atoms with Gasteiger partial charge >= 0.3 is 6.16 Å². The van der Waals surface area contributed by atoms with Gasteiger partial charge in [0.15, 0.2) is 0 Å². The van der Waals surface area contributed by atoms with Crippen molar-refractivity contribution in [1.82, 2.24) is 0 Å². The molecule has 46 valence electrons. The Morgan fingerprint density at radius 2 is 2.12 bits per heavy atom. The van der Waals surface area contributed by atoms with E-state index in [0.29, 0.717) is 12.8 Å². The van der Waals surface area contributed by atoms with E-state index in [4.69, 9.17) is 10.2 Å². The Hall–Kier alpha value is -0.770. The third-order valence-corrected chi connectivity index (χ3v) is 0.955. The van der Waals surface area contributed by atoms with Crippen molar-refractivity contribution in [2.45, 2.75) is 18.6 Å². The first-order valence-corrected chi connectivity index (χ1v) is 2.27. The molecule has 0 radical (unpaired) electrons. The third-order valence-electron chi connectivity index (χ3n) is 0.955. The Kier molecular flexibility index (Phi) is 0.907. The van der Waals surface area contributed by atoms with E-state index in [-0.39, 0.29) is 0 Å². The number of hydrogen-bond donors (Lipinski definition) is 2. The monoisotopic (exact) mass is 118 g/mol. The van der Waals surface area contributed by atoms with Crippen LogP contribution in [-0.2, 0) is 4.74 Å². The van der Waals surface area contributed by atoms with Gasteiger partial charge in [0, 0.05) is 12.8 Å². The molecule has 2 N–H and O–H groups in total. The molecule has 4 heteroatoms. The van der Waals surface area contributed by atoms with Gasteiger partial charge in [-0.05, 0) is 0 Å². The van der Waals surface area contributed by atoms with Gasteiger partial charge in [0.1, 0.15) is 0 Å². The minimum absolute atomic E-state index is 0.430. The van der Waals surface area contributed by atoms with Crippen molar-refractivity contribution >= 4 is 6.16 Å². The average Bonchev–Trinajstić information content (AvgIpc) is 2.17. The van der Waals surface area contributed by atoms with Gasteiger partial charge in [0.05, 0.1) is 0 Å². The Bertz CT molecular complexity index is 115. The highest BCUT2D eigenvalue weighted by molar-refractivity contribution is 5.57. The maximum Gasteiger partial charge on any atom is 0.508 e. The van der Waals surface area contributed by atoms with E-state index in [9.17, 15) is 4.79 Å². The molecule has 0 amide bonds. The molecule has 0 saturated heterocycles. The Morgan fingerprint density at radius 1 is 1.62 bits per heavy atom. The molecule has 1 fully saturated rings. The van der Waals surface area contributed by atoms with E-state index < -0.39 is 11.9 Å². The summed E-state index contributed by atoms with van der Waals surface area (Å²) in [7, 11) is 0. The van der Waals surface area contributed by atoms with Crippen LogP contribution >= 0.6 is 0 Å². The number of hydrogen-bond acceptors (Lipinski definition) is 3. The van der Waals surface area contributed by atoms with Crippen LogP contribution in [0.2, 0.25) is 0 Å². The van der Waals surface area contributed by atoms with Crippen molar-refractivity contribution in [1.29, 1.82) is 0 Å². The average molecular weight is 118 g/mol. The van der Waals surface area contributed by atoms with Crippen molar-refractivity contribution in [3.8, 4) is 0 Å². The van der Waals surface area contributed by atoms with E-state index in [0.717, 1.165) is 0 Å². The second kappa shape index (κ2) is 1.35. The summed E-state index contributed by atoms with van der Waals surface area (Å²) in [5.74, 6) is -1.33. The fraction of sp³-hybridized carbons (Fsp3) is 0.750. The van der Waals surface area contributed by atoms with Gasteiger partial charge in [0.2, 0.25) is 5.79 Å². The summed E-state index contributed by atoms with van der Waals surface area (Å²) in [6.45, 7) is 0. The zero-order valence-corrected chi connectivity index (χ0v) is 4.13. The molecule has 0 heterocycles. The first kappa shape index (κ1) is 5.37. The maximum atomic E-state index is 9.67. The molecule has 0 aromatic heterocycles. The highest BCUT2D eigenvalue weighted by Crippen LogP contribution is 2.35. The van der Waals surface area contributed by atoms with Gasteiger partial charge in [-0.3, -0.25) is 0 Å². The molecule has 0 aliphatic heterocycles. The Balaban J connectivity index is 2.29. The zero-order valence-electron chi connectivity index (χ0n) is 4.13. The number of ether oxygens (including phenoxy) is 1. The number of carboxylic acid groups (broad SMARTS) is 1. The van der Waals surface area contributed by atoms with E-state index >= 15 is 0 Å². The lowest BCUT2D eigenvalue weighted by atomic mass is 10.7. The number of rotatable bonds is 1. The van der Waals surface area contributed by atoms with E-state index in [2.05, 4.69) is 4.74 Å². The van der Waals surface area contributed by atoms with Crippen LogP contribution in [0.4, 0.5) is 4.79 Å². The molecule has 8 heavy (non-hydrogen) atoms. The molecule has 0 spiro atoms. The van der Waals surface area contributed by atoms with Gasteiger partial charge < -0.3 is 14.9 Å². The van der Waals surface area contributed by atoms with Crippen LogP contribution in [0.1, 0.15) is 12.8 Å². The van der Waals surface area contributed by atoms with Crippen LogP contribution in [0.5, 0.6) is 0 Å². The summed E-state index contributed by atoms with van der Waals surface area (Å²) in [6, 6.07) is 0. The molecule has 0 atom stereocenters. The SMILES string of the molecule is O=C(O)OC1(O)CC1. The molecule has 1 rings (SSSR count). The summed E-state index contributed by atoms with van der Waals surface area (Å²) >= 11 is 0. The molecule has 4 nitrogen and oxygen atoms in total. The van der Waals surface area contributed by atoms with Crippen LogP contribution in [-0.4, -0.2) is 22.2 Å². The van der Waals surface area contributed by atoms with Crippen LogP contribution < -0.4 is 0 Å². The van der Waals surface area contributed by atoms with Crippen molar-refractivity contribution in [2.75, 3.05) is 0 Å². The zero-order chi connectivity index (χ0) is 6.20. The van der Waals surface area contributed by atoms with Crippen LogP contribution in [0.3, 0.4) is 0 Å². The van der Waals surface area contributed by atoms with Crippen LogP contribution in [0.25, 0.3) is 0 Å². The second-order valence-electron chi connectivity index (χ2n) is 1.81. The van der Waals surface area contributed by atoms with Gasteiger partial charge in [-0.1, -0.05) is 0 Å². The fourth-order valence-corrected chi connectivity index (χ4v) is 0.372. The first-order chi connectivity index (χ1) is 3.62. The molecular formula is C4H6O4. The quantitative estimate of drug-likeness (QED) is 0.380. The third kappa shape index (κ3) is 1.10. The van der Waals surface area contributed by atoms with Crippen molar-refractivity contribution in [2.24, 2.45) is 0 Å². The number of carbonyl (C=O) groups is 1. The first-order valence-electron chi connectivity index (χ1n) is 2.27. The molecule has 1 aliphatic rings. The van der Waals surface area contributed by atoms with Gasteiger partial charge in [0.25, 0.3) is 0 Å². The van der Waals surface area contributed by atoms with Gasteiger partial charge in [-0.2, -0.15) is 0 Å². The summed E-state index contributed by atoms with van der Waals surface area (Å²) in [4.78, 5) is 9.67. The molecule has 0 aromatic rings. The second-order valence-corrected chi connectivity index (χ2v) is 1.81. The van der Waals surface area contributed by atoms with E-state index in [1.54, 1.807) is 0 Å². The normalized spacial score (nSPS) is 22.1. The molecule has 0 unspecified atom stereocenters. The minimum Gasteiger partial charge on any atom is -0.450 e. The van der Waals surface area contributed by atoms with E-state index in [1.807, 2.05) is 0 Å². The molecule has 1 aliphatic carbocycles. The fourth-order valence-electron chi connectivity index (χ4n) is 0.372. The van der Waals surface area contributed by atoms with E-state index in [1.165, 1.54) is 0 Å². The van der Waals surface area contributed by atoms with Gasteiger partial charge in [-0.25, -0.2) is 4.79 Å². The van der Waals surface area contributed by atoms with Crippen LogP contribution in [0.15, 0.2) is 0 Å². The molecule has 0 bridgehead atoms. The van der Waals surface area contributed by atoms with Gasteiger partial charge in [-0.15, -0.1) is 0 Å². The highest BCUT2D eigenvalue weighted by Gasteiger charge is 2.45. The lowest BCUT2D eigenvalue weighted by Crippen LogP contribution is -2.16. The van der Waals surface area contributed by atoms with Crippen LogP contribution in [0, 0.1) is 0 Å². The Labute approximate surface area is 45.7 Å². The maximum absolute atomic E-state index is 9.67. The standard InChI is InChI=1S/C4H6O4/c5-3(6)8-4(7)1-2-4/h7H,1-2H2,(H,5,6). The predicted molar refractivity (Wildman–Crippen MR) is 23.3 cm³/mol. The number of aliphatic hydroxyl groups is 1. The smallest absolute Gasteiger partial charge is 0.450 e. The van der Waals surface area contributed by atoms with Crippen molar-refractivity contribution < 1.29 is 19.7 Å². The summed E-state index contributed by atoms with van der Waals surface area (Å²) in [6.07, 6.45) is -0.552. The summed E-state index contributed by atoms with van der Waals surface area (Å²) in [5, 5.41) is 16.6. The largest absolute Gasteiger partial charge is 0.508 e. The Morgan fingerprint density at radius 3 is 2.25 bits per heavy atom. The minimum atomic E-state index is -1.41. The predicted octanol–water partition coefficient (Wildman–Crippen LogP) is 0.163. The molecule has 1 saturated carbocycles. The van der Waals surface area contributed by atoms with Crippen molar-refractivity contribution in [3.05, 3.63) is 0 Å². The summed E-state index contributed by atoms with van der Waals surface area (Å²) in [5.41, 5.74) is 0.